The number of benzene rings is 1. The maximum atomic E-state index is 13.3. The fraction of sp³-hybridized carbons (Fsp3) is 0.500. The van der Waals surface area contributed by atoms with Crippen molar-refractivity contribution in [1.82, 2.24) is 0 Å². The molecule has 0 aliphatic heterocycles. The maximum absolute atomic E-state index is 13.3. The Kier molecular flexibility index (Phi) is 4.78. The van der Waals surface area contributed by atoms with Crippen LogP contribution in [0.4, 0.5) is 17.6 Å². The van der Waals surface area contributed by atoms with Gasteiger partial charge in [0.1, 0.15) is 11.4 Å². The molecule has 0 aromatic heterocycles. The molecule has 6 heteroatoms. The Morgan fingerprint density at radius 2 is 1.80 bits per heavy atom. The third kappa shape index (κ3) is 5.19. The first-order valence-corrected chi connectivity index (χ1v) is 6.06. The highest BCUT2D eigenvalue weighted by Gasteiger charge is 2.33. The van der Waals surface area contributed by atoms with Gasteiger partial charge in [-0.3, -0.25) is 4.79 Å². The van der Waals surface area contributed by atoms with Gasteiger partial charge in [0.15, 0.2) is 0 Å². The van der Waals surface area contributed by atoms with Crippen LogP contribution in [0.3, 0.4) is 0 Å². The lowest BCUT2D eigenvalue weighted by Gasteiger charge is -2.19. The van der Waals surface area contributed by atoms with E-state index in [2.05, 4.69) is 0 Å². The van der Waals surface area contributed by atoms with Crippen molar-refractivity contribution in [3.05, 3.63) is 35.1 Å². The number of aryl methyl sites for hydroxylation is 1. The van der Waals surface area contributed by atoms with Crippen LogP contribution in [0.15, 0.2) is 18.2 Å². The highest BCUT2D eigenvalue weighted by Crippen LogP contribution is 2.31. The number of esters is 1. The number of carbonyl (C=O) groups excluding carboxylic acids is 1. The Morgan fingerprint density at radius 3 is 2.25 bits per heavy atom. The molecule has 0 saturated heterocycles. The van der Waals surface area contributed by atoms with Gasteiger partial charge < -0.3 is 4.74 Å². The van der Waals surface area contributed by atoms with Gasteiger partial charge in [0.25, 0.3) is 0 Å². The van der Waals surface area contributed by atoms with Crippen molar-refractivity contribution in [2.24, 2.45) is 0 Å². The van der Waals surface area contributed by atoms with Gasteiger partial charge in [-0.1, -0.05) is 6.07 Å². The van der Waals surface area contributed by atoms with Gasteiger partial charge >= 0.3 is 12.1 Å². The summed E-state index contributed by atoms with van der Waals surface area (Å²) in [5.41, 5.74) is -1.61. The van der Waals surface area contributed by atoms with Crippen LogP contribution in [-0.4, -0.2) is 11.6 Å². The quantitative estimate of drug-likeness (QED) is 0.619. The van der Waals surface area contributed by atoms with Crippen LogP contribution < -0.4 is 0 Å². The summed E-state index contributed by atoms with van der Waals surface area (Å²) in [4.78, 5) is 11.4. The molecule has 0 saturated carbocycles. The molecule has 0 atom stereocenters. The molecular formula is C14H16F4O2. The summed E-state index contributed by atoms with van der Waals surface area (Å²) in [6.45, 7) is 5.13. The van der Waals surface area contributed by atoms with E-state index >= 15 is 0 Å². The van der Waals surface area contributed by atoms with Gasteiger partial charge in [0.2, 0.25) is 0 Å². The lowest BCUT2D eigenvalue weighted by atomic mass is 10.1. The van der Waals surface area contributed by atoms with Crippen molar-refractivity contribution < 1.29 is 27.1 Å². The zero-order chi connectivity index (χ0) is 15.6. The second-order valence-electron chi connectivity index (χ2n) is 5.40. The van der Waals surface area contributed by atoms with E-state index in [0.29, 0.717) is 11.6 Å². The second kappa shape index (κ2) is 5.81. The third-order valence-electron chi connectivity index (χ3n) is 2.38. The Morgan fingerprint density at radius 1 is 1.20 bits per heavy atom. The molecule has 0 radical (unpaired) electrons. The van der Waals surface area contributed by atoms with Gasteiger partial charge in [-0.15, -0.1) is 0 Å². The minimum absolute atomic E-state index is 0.0118. The molecule has 0 unspecified atom stereocenters. The number of hydrogen-bond acceptors (Lipinski definition) is 2. The van der Waals surface area contributed by atoms with Crippen LogP contribution in [0.1, 0.15) is 38.3 Å². The molecule has 0 heterocycles. The molecular weight excluding hydrogens is 276 g/mol. The fourth-order valence-electron chi connectivity index (χ4n) is 1.58. The third-order valence-corrected chi connectivity index (χ3v) is 2.38. The molecule has 0 N–H and O–H groups in total. The van der Waals surface area contributed by atoms with E-state index in [4.69, 9.17) is 4.74 Å². The lowest BCUT2D eigenvalue weighted by molar-refractivity contribution is -0.154. The Hall–Kier alpha value is -1.59. The fourth-order valence-corrected chi connectivity index (χ4v) is 1.58. The van der Waals surface area contributed by atoms with Crippen LogP contribution in [0, 0.1) is 5.82 Å². The van der Waals surface area contributed by atoms with Crippen LogP contribution in [0.5, 0.6) is 0 Å². The first-order chi connectivity index (χ1) is 8.99. The molecule has 112 valence electrons. The predicted molar refractivity (Wildman–Crippen MR) is 65.6 cm³/mol. The molecule has 0 spiro atoms. The SMILES string of the molecule is CC(C)(C)OC(=O)CCc1ccc(C(F)(F)F)c(F)c1. The summed E-state index contributed by atoms with van der Waals surface area (Å²) in [5.74, 6) is -1.81. The first-order valence-electron chi connectivity index (χ1n) is 6.06. The molecule has 0 aliphatic carbocycles. The highest BCUT2D eigenvalue weighted by molar-refractivity contribution is 5.70. The average molecular weight is 292 g/mol. The Bertz CT molecular complexity index is 487. The number of halogens is 4. The smallest absolute Gasteiger partial charge is 0.419 e. The van der Waals surface area contributed by atoms with Crippen molar-refractivity contribution >= 4 is 5.97 Å². The summed E-state index contributed by atoms with van der Waals surface area (Å²) < 4.78 is 55.5. The van der Waals surface area contributed by atoms with E-state index in [1.807, 2.05) is 0 Å². The summed E-state index contributed by atoms with van der Waals surface area (Å²) in [6, 6.07) is 2.64. The number of ether oxygens (including phenoxy) is 1. The summed E-state index contributed by atoms with van der Waals surface area (Å²) in [6.07, 6.45) is -4.60. The summed E-state index contributed by atoms with van der Waals surface area (Å²) in [5, 5.41) is 0. The van der Waals surface area contributed by atoms with Crippen LogP contribution >= 0.6 is 0 Å². The van der Waals surface area contributed by atoms with Crippen molar-refractivity contribution in [1.29, 1.82) is 0 Å². The molecule has 2 nitrogen and oxygen atoms in total. The topological polar surface area (TPSA) is 26.3 Å². The monoisotopic (exact) mass is 292 g/mol. The van der Waals surface area contributed by atoms with E-state index in [1.165, 1.54) is 0 Å². The summed E-state index contributed by atoms with van der Waals surface area (Å²) >= 11 is 0. The van der Waals surface area contributed by atoms with E-state index < -0.39 is 29.1 Å². The minimum atomic E-state index is -4.71. The summed E-state index contributed by atoms with van der Waals surface area (Å²) in [7, 11) is 0. The standard InChI is InChI=1S/C14H16F4O2/c1-13(2,3)20-12(19)7-5-9-4-6-10(11(15)8-9)14(16,17)18/h4,6,8H,5,7H2,1-3H3. The molecule has 0 amide bonds. The van der Waals surface area contributed by atoms with E-state index in [0.717, 1.165) is 12.1 Å². The lowest BCUT2D eigenvalue weighted by Crippen LogP contribution is -2.24. The normalized spacial score (nSPS) is 12.3. The predicted octanol–water partition coefficient (Wildman–Crippen LogP) is 4.12. The van der Waals surface area contributed by atoms with Gasteiger partial charge in [0.05, 0.1) is 5.56 Å². The molecule has 1 aromatic carbocycles. The van der Waals surface area contributed by atoms with Crippen LogP contribution in [0.25, 0.3) is 0 Å². The van der Waals surface area contributed by atoms with Gasteiger partial charge in [0, 0.05) is 6.42 Å². The molecule has 20 heavy (non-hydrogen) atoms. The van der Waals surface area contributed by atoms with Crippen molar-refractivity contribution in [3.63, 3.8) is 0 Å². The molecule has 1 rings (SSSR count). The molecule has 1 aromatic rings. The van der Waals surface area contributed by atoms with Crippen LogP contribution in [-0.2, 0) is 22.1 Å². The Labute approximate surface area is 114 Å². The van der Waals surface area contributed by atoms with Gasteiger partial charge in [-0.2, -0.15) is 13.2 Å². The maximum Gasteiger partial charge on any atom is 0.419 e. The second-order valence-corrected chi connectivity index (χ2v) is 5.40. The van der Waals surface area contributed by atoms with Gasteiger partial charge in [-0.25, -0.2) is 4.39 Å². The van der Waals surface area contributed by atoms with E-state index in [9.17, 15) is 22.4 Å². The highest BCUT2D eigenvalue weighted by atomic mass is 19.4. The van der Waals surface area contributed by atoms with E-state index in [1.54, 1.807) is 20.8 Å². The zero-order valence-electron chi connectivity index (χ0n) is 11.5. The first kappa shape index (κ1) is 16.5. The Balaban J connectivity index is 2.67. The van der Waals surface area contributed by atoms with Gasteiger partial charge in [-0.05, 0) is 44.9 Å². The molecule has 0 fully saturated rings. The van der Waals surface area contributed by atoms with E-state index in [-0.39, 0.29) is 12.8 Å². The molecule has 0 aliphatic rings. The largest absolute Gasteiger partial charge is 0.460 e. The minimum Gasteiger partial charge on any atom is -0.460 e. The van der Waals surface area contributed by atoms with Crippen molar-refractivity contribution in [3.8, 4) is 0 Å². The number of alkyl halides is 3. The molecule has 0 bridgehead atoms. The number of carbonyl (C=O) groups is 1. The number of hydrogen-bond donors (Lipinski definition) is 0. The van der Waals surface area contributed by atoms with Crippen LogP contribution in [0.2, 0.25) is 0 Å². The zero-order valence-corrected chi connectivity index (χ0v) is 11.5. The van der Waals surface area contributed by atoms with Crippen molar-refractivity contribution in [2.75, 3.05) is 0 Å². The number of rotatable bonds is 3. The average Bonchev–Trinajstić information content (AvgIpc) is 2.22. The van der Waals surface area contributed by atoms with Crippen molar-refractivity contribution in [2.45, 2.75) is 45.4 Å².